The summed E-state index contributed by atoms with van der Waals surface area (Å²) in [6, 6.07) is 18.5. The second-order valence-corrected chi connectivity index (χ2v) is 10.4. The minimum atomic E-state index is -4.53. The van der Waals surface area contributed by atoms with Crippen LogP contribution in [-0.4, -0.2) is 32.8 Å². The molecule has 0 saturated heterocycles. The van der Waals surface area contributed by atoms with Crippen molar-refractivity contribution in [2.24, 2.45) is 7.05 Å². The van der Waals surface area contributed by atoms with Gasteiger partial charge in [-0.25, -0.2) is 9.97 Å². The monoisotopic (exact) mass is 568 g/mol. The summed E-state index contributed by atoms with van der Waals surface area (Å²) >= 11 is 0. The number of imidazole rings is 1. The highest BCUT2D eigenvalue weighted by Crippen LogP contribution is 2.41. The van der Waals surface area contributed by atoms with Gasteiger partial charge in [0.25, 0.3) is 0 Å². The van der Waals surface area contributed by atoms with Crippen molar-refractivity contribution in [3.63, 3.8) is 0 Å². The van der Waals surface area contributed by atoms with Crippen LogP contribution < -0.4 is 5.32 Å². The van der Waals surface area contributed by atoms with Crippen LogP contribution in [0.3, 0.4) is 0 Å². The van der Waals surface area contributed by atoms with Crippen LogP contribution in [0.4, 0.5) is 13.2 Å². The molecule has 0 radical (unpaired) electrons. The number of allylic oxidation sites excluding steroid dienone is 1. The predicted octanol–water partition coefficient (Wildman–Crippen LogP) is 6.85. The molecular formula is C33H31F3N6. The quantitative estimate of drug-likeness (QED) is 0.201. The van der Waals surface area contributed by atoms with E-state index in [2.05, 4.69) is 40.4 Å². The van der Waals surface area contributed by atoms with Gasteiger partial charge in [0, 0.05) is 49.9 Å². The fraction of sp³-hybridized carbons (Fsp3) is 0.212. The van der Waals surface area contributed by atoms with E-state index < -0.39 is 17.3 Å². The third-order valence-corrected chi connectivity index (χ3v) is 7.86. The smallest absolute Gasteiger partial charge is 0.393 e. The summed E-state index contributed by atoms with van der Waals surface area (Å²) in [6.07, 6.45) is 3.85. The van der Waals surface area contributed by atoms with Crippen LogP contribution in [0, 0.1) is 12.3 Å². The van der Waals surface area contributed by atoms with Crippen LogP contribution in [0.25, 0.3) is 16.5 Å². The van der Waals surface area contributed by atoms with Gasteiger partial charge in [0.2, 0.25) is 0 Å². The standard InChI is InChI=1S/C33H31F3N6/c1-21-26-15-24(32(2,30-19-39-20-42(30)4)25-11-13-29(40-18-25)33(34,35)36)10-12-28(26)41-31(23(16-37)17-38-3)27(21)14-22-8-6-5-7-9-22/h5-13,15-20,37-38H,14H2,1-4H3/b23-17+,37-16?. The van der Waals surface area contributed by atoms with Crippen molar-refractivity contribution in [1.82, 2.24) is 24.8 Å². The van der Waals surface area contributed by atoms with Gasteiger partial charge >= 0.3 is 6.18 Å². The van der Waals surface area contributed by atoms with Crippen molar-refractivity contribution in [3.05, 3.63) is 130 Å². The van der Waals surface area contributed by atoms with Crippen molar-refractivity contribution in [3.8, 4) is 0 Å². The highest BCUT2D eigenvalue weighted by atomic mass is 19.4. The van der Waals surface area contributed by atoms with Crippen LogP contribution in [0.2, 0.25) is 0 Å². The van der Waals surface area contributed by atoms with E-state index in [0.29, 0.717) is 17.6 Å². The Labute approximate surface area is 242 Å². The number of aryl methyl sites for hydroxylation is 2. The van der Waals surface area contributed by atoms with Crippen LogP contribution >= 0.6 is 0 Å². The molecule has 2 N–H and O–H groups in total. The van der Waals surface area contributed by atoms with Crippen molar-refractivity contribution in [2.75, 3.05) is 7.05 Å². The Morgan fingerprint density at radius 3 is 2.36 bits per heavy atom. The average molecular weight is 569 g/mol. The van der Waals surface area contributed by atoms with Crippen LogP contribution in [-0.2, 0) is 25.1 Å². The summed E-state index contributed by atoms with van der Waals surface area (Å²) < 4.78 is 41.9. The van der Waals surface area contributed by atoms with E-state index in [1.54, 1.807) is 25.8 Å². The fourth-order valence-corrected chi connectivity index (χ4v) is 5.52. The Bertz CT molecular complexity index is 1770. The molecular weight excluding hydrogens is 537 g/mol. The van der Waals surface area contributed by atoms with E-state index in [1.807, 2.05) is 48.9 Å². The molecule has 0 fully saturated rings. The molecule has 0 aliphatic rings. The van der Waals surface area contributed by atoms with Crippen LogP contribution in [0.15, 0.2) is 85.6 Å². The first-order valence-corrected chi connectivity index (χ1v) is 13.4. The minimum absolute atomic E-state index is 0.605. The largest absolute Gasteiger partial charge is 0.433 e. The first-order chi connectivity index (χ1) is 20.1. The number of hydrogen-bond donors (Lipinski definition) is 2. The SMILES string of the molecule is CN/C=C(\C=N)c1nc2ccc(C(C)(c3ccc(C(F)(F)F)nc3)c3cncn3C)cc2c(C)c1Cc1ccccc1. The zero-order chi connectivity index (χ0) is 30.1. The molecule has 3 aromatic heterocycles. The Balaban J connectivity index is 1.75. The lowest BCUT2D eigenvalue weighted by Crippen LogP contribution is -2.28. The number of nitrogens with zero attached hydrogens (tertiary/aromatic N) is 4. The Morgan fingerprint density at radius 1 is 1.02 bits per heavy atom. The van der Waals surface area contributed by atoms with Gasteiger partial charge in [-0.3, -0.25) is 4.98 Å². The molecule has 42 heavy (non-hydrogen) atoms. The average Bonchev–Trinajstić information content (AvgIpc) is 3.43. The zero-order valence-electron chi connectivity index (χ0n) is 23.8. The van der Waals surface area contributed by atoms with Gasteiger partial charge in [-0.2, -0.15) is 13.2 Å². The van der Waals surface area contributed by atoms with Gasteiger partial charge in [-0.1, -0.05) is 42.5 Å². The second-order valence-electron chi connectivity index (χ2n) is 10.4. The van der Waals surface area contributed by atoms with Gasteiger partial charge < -0.3 is 15.3 Å². The third-order valence-electron chi connectivity index (χ3n) is 7.86. The number of hydrogen-bond acceptors (Lipinski definition) is 5. The van der Waals surface area contributed by atoms with E-state index in [1.165, 1.54) is 18.5 Å². The van der Waals surface area contributed by atoms with Crippen molar-refractivity contribution >= 4 is 22.7 Å². The molecule has 0 aliphatic heterocycles. The Hall–Kier alpha value is -4.79. The Kier molecular flexibility index (Phi) is 7.69. The van der Waals surface area contributed by atoms with Gasteiger partial charge in [-0.15, -0.1) is 0 Å². The summed E-state index contributed by atoms with van der Waals surface area (Å²) in [5, 5.41) is 12.0. The van der Waals surface area contributed by atoms with Crippen LogP contribution in [0.1, 0.15) is 51.8 Å². The maximum atomic E-state index is 13.3. The van der Waals surface area contributed by atoms with Crippen molar-refractivity contribution < 1.29 is 13.2 Å². The number of pyridine rings is 2. The topological polar surface area (TPSA) is 79.5 Å². The molecule has 2 aromatic carbocycles. The molecule has 0 spiro atoms. The first-order valence-electron chi connectivity index (χ1n) is 13.4. The highest BCUT2D eigenvalue weighted by molar-refractivity contribution is 6.09. The number of halogens is 3. The minimum Gasteiger partial charge on any atom is -0.393 e. The lowest BCUT2D eigenvalue weighted by atomic mass is 9.73. The fourth-order valence-electron chi connectivity index (χ4n) is 5.52. The molecule has 1 unspecified atom stereocenters. The molecule has 0 aliphatic carbocycles. The van der Waals surface area contributed by atoms with E-state index in [4.69, 9.17) is 10.4 Å². The molecule has 6 nitrogen and oxygen atoms in total. The number of aromatic nitrogens is 4. The van der Waals surface area contributed by atoms with Gasteiger partial charge in [0.05, 0.1) is 28.6 Å². The maximum Gasteiger partial charge on any atom is 0.433 e. The molecule has 0 amide bonds. The van der Waals surface area contributed by atoms with Crippen LogP contribution in [0.5, 0.6) is 0 Å². The summed E-state index contributed by atoms with van der Waals surface area (Å²) in [6.45, 7) is 4.03. The number of fused-ring (bicyclic) bond motifs is 1. The zero-order valence-corrected chi connectivity index (χ0v) is 23.8. The van der Waals surface area contributed by atoms with E-state index in [0.717, 1.165) is 50.6 Å². The summed E-state index contributed by atoms with van der Waals surface area (Å²) in [5.41, 5.74) is 5.73. The van der Waals surface area contributed by atoms with E-state index >= 15 is 0 Å². The van der Waals surface area contributed by atoms with Gasteiger partial charge in [-0.05, 0) is 66.3 Å². The molecule has 3 heterocycles. The number of rotatable bonds is 8. The molecule has 5 rings (SSSR count). The number of nitrogens with one attached hydrogen (secondary N) is 2. The summed E-state index contributed by atoms with van der Waals surface area (Å²) in [5.74, 6) is 0. The molecule has 0 bridgehead atoms. The lowest BCUT2D eigenvalue weighted by molar-refractivity contribution is -0.141. The lowest BCUT2D eigenvalue weighted by Gasteiger charge is -2.32. The van der Waals surface area contributed by atoms with E-state index in [-0.39, 0.29) is 0 Å². The van der Waals surface area contributed by atoms with Crippen molar-refractivity contribution in [2.45, 2.75) is 31.9 Å². The maximum absolute atomic E-state index is 13.3. The molecule has 1 atom stereocenters. The highest BCUT2D eigenvalue weighted by Gasteiger charge is 2.37. The van der Waals surface area contributed by atoms with Gasteiger partial charge in [0.1, 0.15) is 5.69 Å². The number of alkyl halides is 3. The summed E-state index contributed by atoms with van der Waals surface area (Å²) in [7, 11) is 3.65. The molecule has 0 saturated carbocycles. The normalized spacial score (nSPS) is 13.6. The van der Waals surface area contributed by atoms with Crippen molar-refractivity contribution in [1.29, 1.82) is 5.41 Å². The number of benzene rings is 2. The van der Waals surface area contributed by atoms with E-state index in [9.17, 15) is 13.2 Å². The summed E-state index contributed by atoms with van der Waals surface area (Å²) in [4.78, 5) is 13.1. The first kappa shape index (κ1) is 28.7. The Morgan fingerprint density at radius 2 is 1.76 bits per heavy atom. The molecule has 214 valence electrons. The second kappa shape index (κ2) is 11.2. The van der Waals surface area contributed by atoms with Gasteiger partial charge in [0.15, 0.2) is 0 Å². The third kappa shape index (κ3) is 5.18. The predicted molar refractivity (Wildman–Crippen MR) is 160 cm³/mol. The molecule has 9 heteroatoms. The molecule has 5 aromatic rings.